The van der Waals surface area contributed by atoms with Crippen LogP contribution < -0.4 is 5.73 Å². The summed E-state index contributed by atoms with van der Waals surface area (Å²) < 4.78 is 0. The molecule has 1 aromatic carbocycles. The fraction of sp³-hybridized carbons (Fsp3) is 0.533. The van der Waals surface area contributed by atoms with E-state index in [1.165, 1.54) is 0 Å². The van der Waals surface area contributed by atoms with Gasteiger partial charge in [-0.1, -0.05) is 29.3 Å². The van der Waals surface area contributed by atoms with Crippen molar-refractivity contribution in [2.45, 2.75) is 32.2 Å². The van der Waals surface area contributed by atoms with Crippen LogP contribution in [0.15, 0.2) is 18.2 Å². The Morgan fingerprint density at radius 2 is 1.86 bits per heavy atom. The number of benzene rings is 1. The van der Waals surface area contributed by atoms with Crippen LogP contribution in [0.5, 0.6) is 0 Å². The number of hydrogen-bond donors (Lipinski definition) is 1. The Bertz CT molecular complexity index is 466. The Hall–Kier alpha value is -0.480. The first kappa shape index (κ1) is 18.6. The standard InChI is InChI=1S/C15H20Cl2N2O.ClH/c1-10(18)11-5-7-19(8-6-11)15(20)9-12-13(16)3-2-4-14(12)17;/h2-4,10-11H,5-9,18H2,1H3;1H. The average Bonchev–Trinajstić information content (AvgIpc) is 2.43. The van der Waals surface area contributed by atoms with Crippen LogP contribution in [0.2, 0.25) is 10.0 Å². The molecule has 1 saturated heterocycles. The SMILES string of the molecule is CC(N)C1CCN(C(=O)Cc2c(Cl)cccc2Cl)CC1.Cl. The van der Waals surface area contributed by atoms with Gasteiger partial charge in [-0.3, -0.25) is 4.79 Å². The molecule has 1 heterocycles. The zero-order valence-electron chi connectivity index (χ0n) is 12.0. The number of rotatable bonds is 3. The van der Waals surface area contributed by atoms with Crippen LogP contribution in [0.3, 0.4) is 0 Å². The van der Waals surface area contributed by atoms with E-state index in [9.17, 15) is 4.79 Å². The number of hydrogen-bond acceptors (Lipinski definition) is 2. The molecule has 1 fully saturated rings. The second-order valence-electron chi connectivity index (χ2n) is 5.45. The lowest BCUT2D eigenvalue weighted by atomic mass is 9.91. The molecule has 0 bridgehead atoms. The predicted octanol–water partition coefficient (Wildman–Crippen LogP) is 3.54. The van der Waals surface area contributed by atoms with Crippen molar-refractivity contribution >= 4 is 41.5 Å². The van der Waals surface area contributed by atoms with Gasteiger partial charge in [-0.2, -0.15) is 0 Å². The van der Waals surface area contributed by atoms with Gasteiger partial charge in [-0.05, 0) is 43.4 Å². The van der Waals surface area contributed by atoms with E-state index in [2.05, 4.69) is 0 Å². The summed E-state index contributed by atoms with van der Waals surface area (Å²) in [7, 11) is 0. The number of nitrogens with zero attached hydrogens (tertiary/aromatic N) is 1. The molecule has 6 heteroatoms. The van der Waals surface area contributed by atoms with Crippen LogP contribution in [0, 0.1) is 5.92 Å². The Balaban J connectivity index is 0.00000220. The third-order valence-corrected chi connectivity index (χ3v) is 4.73. The first-order valence-corrected chi connectivity index (χ1v) is 7.71. The number of piperidine rings is 1. The van der Waals surface area contributed by atoms with Gasteiger partial charge in [-0.15, -0.1) is 12.4 Å². The molecule has 1 amide bonds. The first-order chi connectivity index (χ1) is 9.49. The molecule has 1 aromatic rings. The van der Waals surface area contributed by atoms with E-state index in [4.69, 9.17) is 28.9 Å². The number of likely N-dealkylation sites (tertiary alicyclic amines) is 1. The number of nitrogens with two attached hydrogens (primary N) is 1. The number of amides is 1. The summed E-state index contributed by atoms with van der Waals surface area (Å²) in [5, 5.41) is 1.10. The van der Waals surface area contributed by atoms with Crippen molar-refractivity contribution in [2.24, 2.45) is 11.7 Å². The summed E-state index contributed by atoms with van der Waals surface area (Å²) in [6.45, 7) is 3.58. The zero-order chi connectivity index (χ0) is 14.7. The fourth-order valence-corrected chi connectivity index (χ4v) is 3.17. The highest BCUT2D eigenvalue weighted by Crippen LogP contribution is 2.26. The third kappa shape index (κ3) is 4.75. The van der Waals surface area contributed by atoms with E-state index >= 15 is 0 Å². The predicted molar refractivity (Wildman–Crippen MR) is 90.4 cm³/mol. The van der Waals surface area contributed by atoms with E-state index < -0.39 is 0 Å². The quantitative estimate of drug-likeness (QED) is 0.905. The van der Waals surface area contributed by atoms with Crippen LogP contribution in [-0.2, 0) is 11.2 Å². The van der Waals surface area contributed by atoms with Gasteiger partial charge in [0.2, 0.25) is 5.91 Å². The minimum atomic E-state index is 0. The molecule has 21 heavy (non-hydrogen) atoms. The molecule has 0 aromatic heterocycles. The van der Waals surface area contributed by atoms with Gasteiger partial charge >= 0.3 is 0 Å². The maximum Gasteiger partial charge on any atom is 0.227 e. The zero-order valence-corrected chi connectivity index (χ0v) is 14.3. The molecule has 1 aliphatic heterocycles. The van der Waals surface area contributed by atoms with Crippen molar-refractivity contribution in [1.29, 1.82) is 0 Å². The maximum absolute atomic E-state index is 12.3. The maximum atomic E-state index is 12.3. The van der Waals surface area contributed by atoms with E-state index in [1.54, 1.807) is 18.2 Å². The lowest BCUT2D eigenvalue weighted by Gasteiger charge is -2.33. The number of halogens is 3. The minimum absolute atomic E-state index is 0. The molecule has 118 valence electrons. The largest absolute Gasteiger partial charge is 0.342 e. The van der Waals surface area contributed by atoms with E-state index in [-0.39, 0.29) is 30.8 Å². The summed E-state index contributed by atoms with van der Waals surface area (Å²) in [5.41, 5.74) is 6.63. The molecule has 0 radical (unpaired) electrons. The summed E-state index contributed by atoms with van der Waals surface area (Å²) in [6.07, 6.45) is 2.21. The monoisotopic (exact) mass is 350 g/mol. The number of carbonyl (C=O) groups is 1. The smallest absolute Gasteiger partial charge is 0.227 e. The van der Waals surface area contributed by atoms with Gasteiger partial charge in [0.15, 0.2) is 0 Å². The molecule has 3 nitrogen and oxygen atoms in total. The summed E-state index contributed by atoms with van der Waals surface area (Å²) >= 11 is 12.2. The Morgan fingerprint density at radius 3 is 2.33 bits per heavy atom. The summed E-state index contributed by atoms with van der Waals surface area (Å²) in [4.78, 5) is 14.2. The van der Waals surface area contributed by atoms with E-state index in [0.717, 1.165) is 31.5 Å². The van der Waals surface area contributed by atoms with Crippen molar-refractivity contribution in [2.75, 3.05) is 13.1 Å². The first-order valence-electron chi connectivity index (χ1n) is 6.95. The van der Waals surface area contributed by atoms with Crippen molar-refractivity contribution in [3.63, 3.8) is 0 Å². The fourth-order valence-electron chi connectivity index (χ4n) is 2.64. The molecule has 0 saturated carbocycles. The average molecular weight is 352 g/mol. The van der Waals surface area contributed by atoms with Gasteiger partial charge in [0.05, 0.1) is 6.42 Å². The molecule has 1 aliphatic rings. The van der Waals surface area contributed by atoms with Crippen LogP contribution >= 0.6 is 35.6 Å². The molecule has 0 spiro atoms. The lowest BCUT2D eigenvalue weighted by Crippen LogP contribution is -2.43. The summed E-state index contributed by atoms with van der Waals surface area (Å²) in [5.74, 6) is 0.603. The van der Waals surface area contributed by atoms with Crippen molar-refractivity contribution in [3.8, 4) is 0 Å². The van der Waals surface area contributed by atoms with Gasteiger partial charge < -0.3 is 10.6 Å². The highest BCUT2D eigenvalue weighted by atomic mass is 35.5. The van der Waals surface area contributed by atoms with Crippen LogP contribution in [-0.4, -0.2) is 29.9 Å². The molecule has 1 atom stereocenters. The van der Waals surface area contributed by atoms with Crippen molar-refractivity contribution < 1.29 is 4.79 Å². The van der Waals surface area contributed by atoms with Gasteiger partial charge in [0.25, 0.3) is 0 Å². The normalized spacial score (nSPS) is 17.2. The molecular formula is C15H21Cl3N2O. The van der Waals surface area contributed by atoms with Crippen LogP contribution in [0.4, 0.5) is 0 Å². The Labute approximate surface area is 142 Å². The molecule has 0 aliphatic carbocycles. The second kappa shape index (κ2) is 8.23. The molecule has 2 N–H and O–H groups in total. The van der Waals surface area contributed by atoms with Crippen molar-refractivity contribution in [3.05, 3.63) is 33.8 Å². The van der Waals surface area contributed by atoms with Crippen molar-refractivity contribution in [1.82, 2.24) is 4.90 Å². The molecule has 1 unspecified atom stereocenters. The van der Waals surface area contributed by atoms with Gasteiger partial charge in [-0.25, -0.2) is 0 Å². The third-order valence-electron chi connectivity index (χ3n) is 4.03. The minimum Gasteiger partial charge on any atom is -0.342 e. The highest BCUT2D eigenvalue weighted by Gasteiger charge is 2.25. The lowest BCUT2D eigenvalue weighted by molar-refractivity contribution is -0.131. The highest BCUT2D eigenvalue weighted by molar-refractivity contribution is 6.36. The Kier molecular flexibility index (Phi) is 7.28. The van der Waals surface area contributed by atoms with Crippen LogP contribution in [0.1, 0.15) is 25.3 Å². The Morgan fingerprint density at radius 1 is 1.33 bits per heavy atom. The number of carbonyl (C=O) groups excluding carboxylic acids is 1. The molecule has 2 rings (SSSR count). The van der Waals surface area contributed by atoms with Crippen LogP contribution in [0.25, 0.3) is 0 Å². The topological polar surface area (TPSA) is 46.3 Å². The molecular weight excluding hydrogens is 331 g/mol. The van der Waals surface area contributed by atoms with E-state index in [1.807, 2.05) is 11.8 Å². The second-order valence-corrected chi connectivity index (χ2v) is 6.27. The summed E-state index contributed by atoms with van der Waals surface area (Å²) in [6, 6.07) is 5.51. The van der Waals surface area contributed by atoms with Gasteiger partial charge in [0, 0.05) is 29.2 Å². The van der Waals surface area contributed by atoms with E-state index in [0.29, 0.717) is 16.0 Å². The van der Waals surface area contributed by atoms with Gasteiger partial charge in [0.1, 0.15) is 0 Å².